The molecule has 166 valence electrons. The number of rotatable bonds is 6. The zero-order valence-corrected chi connectivity index (χ0v) is 19.0. The summed E-state index contributed by atoms with van der Waals surface area (Å²) < 4.78 is 14.1. The van der Waals surface area contributed by atoms with E-state index in [0.29, 0.717) is 17.1 Å². The fourth-order valence-electron chi connectivity index (χ4n) is 4.40. The van der Waals surface area contributed by atoms with Crippen LogP contribution in [0.5, 0.6) is 0 Å². The number of carbonyl (C=O) groups is 1. The summed E-state index contributed by atoms with van der Waals surface area (Å²) in [6.45, 7) is 4.14. The van der Waals surface area contributed by atoms with Crippen LogP contribution in [0.1, 0.15) is 41.1 Å². The molecule has 32 heavy (non-hydrogen) atoms. The number of hydrogen-bond donors (Lipinski definition) is 1. The predicted molar refractivity (Wildman–Crippen MR) is 127 cm³/mol. The number of piperidine rings is 1. The third-order valence-electron chi connectivity index (χ3n) is 6.29. The minimum atomic E-state index is -0.277. The first-order valence-corrected chi connectivity index (χ1v) is 11.5. The Morgan fingerprint density at radius 2 is 1.75 bits per heavy atom. The molecule has 1 aliphatic heterocycles. The van der Waals surface area contributed by atoms with E-state index in [1.165, 1.54) is 6.07 Å². The summed E-state index contributed by atoms with van der Waals surface area (Å²) in [6, 6.07) is 22.9. The van der Waals surface area contributed by atoms with Gasteiger partial charge in [0.15, 0.2) is 0 Å². The van der Waals surface area contributed by atoms with Gasteiger partial charge in [0.1, 0.15) is 5.82 Å². The lowest BCUT2D eigenvalue weighted by molar-refractivity contribution is -0.127. The van der Waals surface area contributed by atoms with Gasteiger partial charge in [-0.05, 0) is 61.7 Å². The molecule has 1 aliphatic rings. The Balaban J connectivity index is 1.41. The van der Waals surface area contributed by atoms with E-state index in [2.05, 4.69) is 41.4 Å². The standard InChI is InChI=1S/C27H28ClFN2O/c1-19-7-5-6-10-24(19)26(20-8-3-2-4-9-20)30-27(32)21-13-15-31(16-14-21)18-22-11-12-23(28)17-25(22)29/h2-12,17,21,26H,13-16,18H2,1H3,(H,30,32). The van der Waals surface area contributed by atoms with Gasteiger partial charge in [0.25, 0.3) is 0 Å². The average Bonchev–Trinajstić information content (AvgIpc) is 2.81. The van der Waals surface area contributed by atoms with Crippen molar-refractivity contribution in [2.75, 3.05) is 13.1 Å². The number of nitrogens with one attached hydrogen (secondary N) is 1. The lowest BCUT2D eigenvalue weighted by Gasteiger charge is -2.32. The van der Waals surface area contributed by atoms with Crippen LogP contribution in [0, 0.1) is 18.7 Å². The molecular weight excluding hydrogens is 423 g/mol. The number of aryl methyl sites for hydroxylation is 1. The first kappa shape index (κ1) is 22.5. The largest absolute Gasteiger partial charge is 0.345 e. The highest BCUT2D eigenvalue weighted by atomic mass is 35.5. The summed E-state index contributed by atoms with van der Waals surface area (Å²) in [5.41, 5.74) is 3.98. The van der Waals surface area contributed by atoms with E-state index in [1.54, 1.807) is 12.1 Å². The monoisotopic (exact) mass is 450 g/mol. The zero-order chi connectivity index (χ0) is 22.5. The summed E-state index contributed by atoms with van der Waals surface area (Å²) in [7, 11) is 0. The second-order valence-electron chi connectivity index (χ2n) is 8.50. The molecule has 0 spiro atoms. The van der Waals surface area contributed by atoms with Crippen LogP contribution in [0.3, 0.4) is 0 Å². The van der Waals surface area contributed by atoms with Gasteiger partial charge >= 0.3 is 0 Å². The number of likely N-dealkylation sites (tertiary alicyclic amines) is 1. The van der Waals surface area contributed by atoms with Crippen molar-refractivity contribution < 1.29 is 9.18 Å². The van der Waals surface area contributed by atoms with Gasteiger partial charge in [0, 0.05) is 23.0 Å². The van der Waals surface area contributed by atoms with Crippen LogP contribution in [-0.4, -0.2) is 23.9 Å². The van der Waals surface area contributed by atoms with Crippen molar-refractivity contribution in [2.45, 2.75) is 32.4 Å². The molecule has 0 radical (unpaired) electrons. The molecular formula is C27H28ClFN2O. The summed E-state index contributed by atoms with van der Waals surface area (Å²) in [4.78, 5) is 15.4. The molecule has 4 rings (SSSR count). The Morgan fingerprint density at radius 3 is 2.44 bits per heavy atom. The molecule has 3 aromatic rings. The summed E-state index contributed by atoms with van der Waals surface area (Å²) in [6.07, 6.45) is 1.52. The SMILES string of the molecule is Cc1ccccc1C(NC(=O)C1CCN(Cc2ccc(Cl)cc2F)CC1)c1ccccc1. The fraction of sp³-hybridized carbons (Fsp3) is 0.296. The Kier molecular flexibility index (Phi) is 7.23. The third kappa shape index (κ3) is 5.37. The maximum Gasteiger partial charge on any atom is 0.223 e. The molecule has 0 aromatic heterocycles. The maximum atomic E-state index is 14.1. The molecule has 1 saturated heterocycles. The molecule has 0 saturated carbocycles. The Morgan fingerprint density at radius 1 is 1.06 bits per heavy atom. The van der Waals surface area contributed by atoms with Gasteiger partial charge in [-0.15, -0.1) is 0 Å². The highest BCUT2D eigenvalue weighted by molar-refractivity contribution is 6.30. The normalized spacial score (nSPS) is 16.0. The first-order chi connectivity index (χ1) is 15.5. The molecule has 3 aromatic carbocycles. The minimum Gasteiger partial charge on any atom is -0.345 e. The van der Waals surface area contributed by atoms with Gasteiger partial charge in [-0.3, -0.25) is 9.69 Å². The van der Waals surface area contributed by atoms with Crippen LogP contribution in [-0.2, 0) is 11.3 Å². The summed E-state index contributed by atoms with van der Waals surface area (Å²) in [5, 5.41) is 3.71. The topological polar surface area (TPSA) is 32.3 Å². The van der Waals surface area contributed by atoms with E-state index in [9.17, 15) is 9.18 Å². The Labute approximate surface area is 194 Å². The van der Waals surface area contributed by atoms with Gasteiger partial charge < -0.3 is 5.32 Å². The van der Waals surface area contributed by atoms with E-state index in [4.69, 9.17) is 11.6 Å². The number of halogens is 2. The predicted octanol–water partition coefficient (Wildman–Crippen LogP) is 5.91. The molecule has 1 atom stereocenters. The molecule has 1 heterocycles. The van der Waals surface area contributed by atoms with Gasteiger partial charge in [-0.2, -0.15) is 0 Å². The second-order valence-corrected chi connectivity index (χ2v) is 8.93. The Bertz CT molecular complexity index is 1060. The minimum absolute atomic E-state index is 0.0449. The number of hydrogen-bond acceptors (Lipinski definition) is 2. The van der Waals surface area contributed by atoms with E-state index in [0.717, 1.165) is 42.6 Å². The van der Waals surface area contributed by atoms with E-state index >= 15 is 0 Å². The van der Waals surface area contributed by atoms with Crippen LogP contribution in [0.4, 0.5) is 4.39 Å². The molecule has 1 unspecified atom stereocenters. The van der Waals surface area contributed by atoms with Gasteiger partial charge in [-0.1, -0.05) is 72.3 Å². The number of nitrogens with zero attached hydrogens (tertiary/aromatic N) is 1. The first-order valence-electron chi connectivity index (χ1n) is 11.1. The van der Waals surface area contributed by atoms with Gasteiger partial charge in [-0.25, -0.2) is 4.39 Å². The fourth-order valence-corrected chi connectivity index (χ4v) is 4.56. The van der Waals surface area contributed by atoms with Crippen LogP contribution in [0.2, 0.25) is 5.02 Å². The highest BCUT2D eigenvalue weighted by Crippen LogP contribution is 2.27. The van der Waals surface area contributed by atoms with Crippen molar-refractivity contribution >= 4 is 17.5 Å². The summed E-state index contributed by atoms with van der Waals surface area (Å²) in [5.74, 6) is -0.239. The zero-order valence-electron chi connectivity index (χ0n) is 18.2. The number of amides is 1. The van der Waals surface area contributed by atoms with Crippen molar-refractivity contribution in [3.63, 3.8) is 0 Å². The van der Waals surface area contributed by atoms with Crippen LogP contribution < -0.4 is 5.32 Å². The van der Waals surface area contributed by atoms with E-state index < -0.39 is 0 Å². The van der Waals surface area contributed by atoms with Crippen molar-refractivity contribution in [2.24, 2.45) is 5.92 Å². The number of carbonyl (C=O) groups excluding carboxylic acids is 1. The molecule has 1 amide bonds. The lowest BCUT2D eigenvalue weighted by atomic mass is 9.92. The van der Waals surface area contributed by atoms with Gasteiger partial charge in [0.05, 0.1) is 6.04 Å². The highest BCUT2D eigenvalue weighted by Gasteiger charge is 2.28. The van der Waals surface area contributed by atoms with Crippen molar-refractivity contribution in [3.8, 4) is 0 Å². The molecule has 1 fully saturated rings. The van der Waals surface area contributed by atoms with Gasteiger partial charge in [0.2, 0.25) is 5.91 Å². The van der Waals surface area contributed by atoms with Crippen molar-refractivity contribution in [3.05, 3.63) is 106 Å². The number of benzene rings is 3. The second kappa shape index (κ2) is 10.3. The lowest BCUT2D eigenvalue weighted by Crippen LogP contribution is -2.41. The molecule has 0 bridgehead atoms. The molecule has 3 nitrogen and oxygen atoms in total. The van der Waals surface area contributed by atoms with E-state index in [1.807, 2.05) is 30.3 Å². The third-order valence-corrected chi connectivity index (χ3v) is 6.52. The Hall–Kier alpha value is -2.69. The molecule has 5 heteroatoms. The van der Waals surface area contributed by atoms with Crippen LogP contribution >= 0.6 is 11.6 Å². The van der Waals surface area contributed by atoms with Crippen molar-refractivity contribution in [1.82, 2.24) is 10.2 Å². The van der Waals surface area contributed by atoms with E-state index in [-0.39, 0.29) is 23.7 Å². The quantitative estimate of drug-likeness (QED) is 0.506. The molecule has 1 N–H and O–H groups in total. The maximum absolute atomic E-state index is 14.1. The van der Waals surface area contributed by atoms with Crippen LogP contribution in [0.15, 0.2) is 72.8 Å². The smallest absolute Gasteiger partial charge is 0.223 e. The van der Waals surface area contributed by atoms with Crippen LogP contribution in [0.25, 0.3) is 0 Å². The average molecular weight is 451 g/mol. The summed E-state index contributed by atoms with van der Waals surface area (Å²) >= 11 is 5.86. The van der Waals surface area contributed by atoms with Crippen molar-refractivity contribution in [1.29, 1.82) is 0 Å². The molecule has 0 aliphatic carbocycles.